The van der Waals surface area contributed by atoms with Crippen molar-refractivity contribution >= 4 is 34.6 Å². The first-order valence-corrected chi connectivity index (χ1v) is 15.6. The van der Waals surface area contributed by atoms with E-state index in [1.165, 1.54) is 11.3 Å². The number of urea groups is 1. The molecule has 4 N–H and O–H groups in total. The smallest absolute Gasteiger partial charge is 0.319 e. The van der Waals surface area contributed by atoms with Crippen LogP contribution in [0.25, 0.3) is 11.1 Å². The van der Waals surface area contributed by atoms with Crippen molar-refractivity contribution < 1.29 is 9.59 Å². The van der Waals surface area contributed by atoms with E-state index in [9.17, 15) is 9.59 Å². The maximum atomic E-state index is 13.6. The van der Waals surface area contributed by atoms with Crippen molar-refractivity contribution in [1.82, 2.24) is 15.1 Å². The average Bonchev–Trinajstić information content (AvgIpc) is 3.57. The van der Waals surface area contributed by atoms with Crippen LogP contribution in [0.5, 0.6) is 0 Å². The summed E-state index contributed by atoms with van der Waals surface area (Å²) in [6.45, 7) is 7.60. The lowest BCUT2D eigenvalue weighted by Crippen LogP contribution is -2.44. The van der Waals surface area contributed by atoms with Gasteiger partial charge in [-0.05, 0) is 71.4 Å². The molecule has 43 heavy (non-hydrogen) atoms. The van der Waals surface area contributed by atoms with Gasteiger partial charge in [0.05, 0.1) is 16.3 Å². The topological polar surface area (TPSA) is 93.9 Å². The molecule has 0 unspecified atom stereocenters. The molecule has 0 bridgehead atoms. The molecule has 0 aliphatic carbocycles. The minimum Gasteiger partial charge on any atom is -0.367 e. The second kappa shape index (κ2) is 14.3. The normalized spacial score (nSPS) is 13.5. The Hall–Kier alpha value is -4.18. The van der Waals surface area contributed by atoms with Crippen molar-refractivity contribution in [3.63, 3.8) is 0 Å². The average molecular weight is 597 g/mol. The third kappa shape index (κ3) is 7.81. The molecule has 3 amide bonds. The number of benzene rings is 3. The first kappa shape index (κ1) is 30.3. The van der Waals surface area contributed by atoms with E-state index < -0.39 is 0 Å². The van der Waals surface area contributed by atoms with Gasteiger partial charge >= 0.3 is 6.03 Å². The number of nitrogens with one attached hydrogen (secondary N) is 2. The Morgan fingerprint density at radius 1 is 0.860 bits per heavy atom. The third-order valence-electron chi connectivity index (χ3n) is 7.68. The number of thiophene rings is 1. The molecule has 3 aromatic carbocycles. The molecular weight excluding hydrogens is 556 g/mol. The third-order valence-corrected chi connectivity index (χ3v) is 8.54. The summed E-state index contributed by atoms with van der Waals surface area (Å²) < 4.78 is 0. The van der Waals surface area contributed by atoms with Crippen LogP contribution in [0.4, 0.5) is 16.2 Å². The van der Waals surface area contributed by atoms with Crippen LogP contribution >= 0.6 is 11.3 Å². The lowest BCUT2D eigenvalue weighted by molar-refractivity contribution is 0.0735. The van der Waals surface area contributed by atoms with Gasteiger partial charge in [0, 0.05) is 52.4 Å². The minimum atomic E-state index is -0.217. The van der Waals surface area contributed by atoms with Crippen molar-refractivity contribution in [2.75, 3.05) is 50.0 Å². The van der Waals surface area contributed by atoms with Gasteiger partial charge in [-0.3, -0.25) is 4.79 Å². The van der Waals surface area contributed by atoms with E-state index in [2.05, 4.69) is 69.9 Å². The van der Waals surface area contributed by atoms with E-state index in [-0.39, 0.29) is 11.9 Å². The second-order valence-electron chi connectivity index (χ2n) is 10.9. The maximum Gasteiger partial charge on any atom is 0.319 e. The highest BCUT2D eigenvalue weighted by Gasteiger charge is 2.20. The van der Waals surface area contributed by atoms with Crippen LogP contribution in [0.1, 0.15) is 33.3 Å². The molecule has 0 saturated carbocycles. The molecule has 224 valence electrons. The number of amides is 3. The molecule has 1 saturated heterocycles. The molecule has 8 nitrogen and oxygen atoms in total. The molecule has 2 heterocycles. The Bertz CT molecular complexity index is 1530. The number of hydrogen-bond donors (Lipinski definition) is 3. The summed E-state index contributed by atoms with van der Waals surface area (Å²) in [5, 5.41) is 7.86. The van der Waals surface area contributed by atoms with Crippen molar-refractivity contribution in [3.8, 4) is 11.1 Å². The number of rotatable bonds is 10. The zero-order valence-corrected chi connectivity index (χ0v) is 25.7. The van der Waals surface area contributed by atoms with E-state index in [0.717, 1.165) is 65.4 Å². The maximum absolute atomic E-state index is 13.6. The number of carbonyl (C=O) groups is 2. The van der Waals surface area contributed by atoms with Crippen LogP contribution in [0.3, 0.4) is 0 Å². The van der Waals surface area contributed by atoms with Crippen LogP contribution in [-0.2, 0) is 19.6 Å². The molecule has 4 aromatic rings. The van der Waals surface area contributed by atoms with Crippen molar-refractivity contribution in [2.24, 2.45) is 5.73 Å². The van der Waals surface area contributed by atoms with Crippen LogP contribution in [0.2, 0.25) is 0 Å². The summed E-state index contributed by atoms with van der Waals surface area (Å²) in [7, 11) is 2.13. The number of anilines is 2. The number of nitrogens with zero attached hydrogens (tertiary/aromatic N) is 3. The number of carbonyl (C=O) groups excluding carboxylic acids is 2. The summed E-state index contributed by atoms with van der Waals surface area (Å²) in [5.74, 6) is 0.00325. The van der Waals surface area contributed by atoms with E-state index in [4.69, 9.17) is 5.73 Å². The first-order chi connectivity index (χ1) is 20.9. The van der Waals surface area contributed by atoms with Gasteiger partial charge in [-0.1, -0.05) is 54.6 Å². The summed E-state index contributed by atoms with van der Waals surface area (Å²) >= 11 is 1.45. The Labute approximate surface area is 258 Å². The molecule has 0 radical (unpaired) electrons. The van der Waals surface area contributed by atoms with Gasteiger partial charge < -0.3 is 31.1 Å². The van der Waals surface area contributed by atoms with Gasteiger partial charge in [0.1, 0.15) is 0 Å². The van der Waals surface area contributed by atoms with Crippen molar-refractivity contribution in [2.45, 2.75) is 26.6 Å². The summed E-state index contributed by atoms with van der Waals surface area (Å²) in [5.41, 5.74) is 12.8. The van der Waals surface area contributed by atoms with Crippen LogP contribution in [0.15, 0.2) is 84.2 Å². The van der Waals surface area contributed by atoms with Crippen molar-refractivity contribution in [3.05, 3.63) is 106 Å². The lowest BCUT2D eigenvalue weighted by Gasteiger charge is -2.35. The van der Waals surface area contributed by atoms with Gasteiger partial charge in [0.15, 0.2) is 0 Å². The highest BCUT2D eigenvalue weighted by Crippen LogP contribution is 2.33. The fourth-order valence-electron chi connectivity index (χ4n) is 5.37. The highest BCUT2D eigenvalue weighted by molar-refractivity contribution is 7.12. The Morgan fingerprint density at radius 2 is 1.56 bits per heavy atom. The zero-order valence-electron chi connectivity index (χ0n) is 24.9. The molecule has 1 aliphatic rings. The van der Waals surface area contributed by atoms with Gasteiger partial charge in [0.25, 0.3) is 5.91 Å². The Kier molecular flexibility index (Phi) is 10.1. The van der Waals surface area contributed by atoms with E-state index >= 15 is 0 Å². The number of likely N-dealkylation sites (N-methyl/N-ethyl adjacent to an activating group) is 1. The minimum absolute atomic E-state index is 0.00325. The van der Waals surface area contributed by atoms with Crippen molar-refractivity contribution in [1.29, 1.82) is 0 Å². The first-order valence-electron chi connectivity index (χ1n) is 14.8. The highest BCUT2D eigenvalue weighted by atomic mass is 32.1. The summed E-state index contributed by atoms with van der Waals surface area (Å²) in [6, 6.07) is 26.2. The molecule has 0 spiro atoms. The number of nitrogens with two attached hydrogens (primary N) is 1. The van der Waals surface area contributed by atoms with Crippen LogP contribution < -0.4 is 21.3 Å². The number of piperazine rings is 1. The van der Waals surface area contributed by atoms with Crippen LogP contribution in [-0.4, -0.2) is 61.5 Å². The second-order valence-corrected chi connectivity index (χ2v) is 11.8. The van der Waals surface area contributed by atoms with Gasteiger partial charge in [0.2, 0.25) is 0 Å². The van der Waals surface area contributed by atoms with Gasteiger partial charge in [-0.2, -0.15) is 0 Å². The largest absolute Gasteiger partial charge is 0.367 e. The quantitative estimate of drug-likeness (QED) is 0.221. The molecule has 9 heteroatoms. The SMILES string of the molecule is CCNC(=O)Nc1cc(-c2cccc(CN(Cc3cccc(CN)c3)C(=O)c3cccs3)c2)ccc1N1CCN(C)CC1. The van der Waals surface area contributed by atoms with E-state index in [0.29, 0.717) is 31.1 Å². The molecule has 0 atom stereocenters. The predicted octanol–water partition coefficient (Wildman–Crippen LogP) is 5.61. The summed E-state index contributed by atoms with van der Waals surface area (Å²) in [4.78, 5) is 33.4. The van der Waals surface area contributed by atoms with Crippen LogP contribution in [0, 0.1) is 0 Å². The standard InChI is InChI=1S/C34H40N6O2S/c1-3-36-34(42)37-30-21-29(12-13-31(30)39-16-14-38(2)15-17-39)28-10-5-9-27(20-28)24-40(33(41)32-11-6-18-43-32)23-26-8-4-7-25(19-26)22-35/h4-13,18-21H,3,14-17,22-24,35H2,1-2H3,(H2,36,37,42). The molecular formula is C34H40N6O2S. The molecule has 1 fully saturated rings. The fourth-order valence-corrected chi connectivity index (χ4v) is 6.06. The lowest BCUT2D eigenvalue weighted by atomic mass is 10.0. The summed E-state index contributed by atoms with van der Waals surface area (Å²) in [6.07, 6.45) is 0. The van der Waals surface area contributed by atoms with E-state index in [1.807, 2.05) is 53.6 Å². The molecule has 1 aliphatic heterocycles. The zero-order chi connectivity index (χ0) is 30.2. The predicted molar refractivity (Wildman–Crippen MR) is 177 cm³/mol. The molecule has 1 aromatic heterocycles. The van der Waals surface area contributed by atoms with Gasteiger partial charge in [-0.25, -0.2) is 4.79 Å². The number of hydrogen-bond acceptors (Lipinski definition) is 6. The fraction of sp³-hybridized carbons (Fsp3) is 0.294. The molecule has 5 rings (SSSR count). The van der Waals surface area contributed by atoms with E-state index in [1.54, 1.807) is 0 Å². The Balaban J connectivity index is 1.43. The Morgan fingerprint density at radius 3 is 2.26 bits per heavy atom. The van der Waals surface area contributed by atoms with Gasteiger partial charge in [-0.15, -0.1) is 11.3 Å². The monoisotopic (exact) mass is 596 g/mol.